The van der Waals surface area contributed by atoms with Gasteiger partial charge in [-0.3, -0.25) is 5.32 Å². The topological polar surface area (TPSA) is 56.0 Å². The average molecular weight is 196 g/mol. The second-order valence-electron chi connectivity index (χ2n) is 4.76. The fourth-order valence-corrected chi connectivity index (χ4v) is 2.30. The van der Waals surface area contributed by atoms with E-state index in [9.17, 15) is 5.26 Å². The third-order valence-electron chi connectivity index (χ3n) is 3.46. The molecule has 1 fully saturated rings. The molecule has 1 saturated carbocycles. The van der Waals surface area contributed by atoms with E-state index in [0.29, 0.717) is 0 Å². The van der Waals surface area contributed by atoms with Gasteiger partial charge in [0, 0.05) is 6.61 Å². The summed E-state index contributed by atoms with van der Waals surface area (Å²) in [4.78, 5) is 0. The number of hydrogen-bond donors (Lipinski definition) is 2. The lowest BCUT2D eigenvalue weighted by atomic mass is 9.76. The smallest absolute Gasteiger partial charge is 0.111 e. The van der Waals surface area contributed by atoms with Crippen molar-refractivity contribution in [1.82, 2.24) is 5.32 Å². The predicted molar refractivity (Wildman–Crippen MR) is 55.7 cm³/mol. The normalized spacial score (nSPS) is 30.1. The maximum atomic E-state index is 9.28. The number of hydrogen-bond acceptors (Lipinski definition) is 3. The summed E-state index contributed by atoms with van der Waals surface area (Å²) in [6, 6.07) is 2.43. The molecule has 0 aromatic heterocycles. The number of aliphatic hydroxyl groups excluding tert-OH is 1. The Bertz CT molecular complexity index is 232. The first-order chi connectivity index (χ1) is 6.58. The highest BCUT2D eigenvalue weighted by Gasteiger charge is 2.48. The molecule has 1 unspecified atom stereocenters. The van der Waals surface area contributed by atoms with Gasteiger partial charge in [-0.1, -0.05) is 13.8 Å². The molecule has 1 aliphatic rings. The molecule has 0 radical (unpaired) electrons. The van der Waals surface area contributed by atoms with Crippen molar-refractivity contribution in [3.8, 4) is 6.07 Å². The second kappa shape index (κ2) is 4.29. The van der Waals surface area contributed by atoms with E-state index in [1.54, 1.807) is 0 Å². The van der Waals surface area contributed by atoms with Crippen molar-refractivity contribution in [3.63, 3.8) is 0 Å². The zero-order valence-corrected chi connectivity index (χ0v) is 9.14. The first-order valence-electron chi connectivity index (χ1n) is 5.35. The summed E-state index contributed by atoms with van der Waals surface area (Å²) in [5.41, 5.74) is -0.320. The number of rotatable bonds is 4. The third kappa shape index (κ3) is 1.92. The lowest BCUT2D eigenvalue weighted by Crippen LogP contribution is -2.52. The summed E-state index contributed by atoms with van der Waals surface area (Å²) in [6.45, 7) is 5.22. The molecule has 1 rings (SSSR count). The molecule has 0 bridgehead atoms. The van der Waals surface area contributed by atoms with Gasteiger partial charge in [0.25, 0.3) is 0 Å². The lowest BCUT2D eigenvalue weighted by molar-refractivity contribution is 0.206. The standard InChI is InChI=1S/C11H20N2O/c1-10(2)5-3-6-11(10,9-12)13-7-4-8-14/h13-14H,3-8H2,1-2H3. The van der Waals surface area contributed by atoms with E-state index in [-0.39, 0.29) is 17.6 Å². The molecule has 1 aliphatic carbocycles. The van der Waals surface area contributed by atoms with Crippen LogP contribution in [0.25, 0.3) is 0 Å². The highest BCUT2D eigenvalue weighted by atomic mass is 16.3. The molecular formula is C11H20N2O. The van der Waals surface area contributed by atoms with E-state index in [1.165, 1.54) is 0 Å². The summed E-state index contributed by atoms with van der Waals surface area (Å²) in [7, 11) is 0. The van der Waals surface area contributed by atoms with Crippen LogP contribution in [0.15, 0.2) is 0 Å². The first kappa shape index (κ1) is 11.5. The Kier molecular flexibility index (Phi) is 3.52. The van der Waals surface area contributed by atoms with Crippen LogP contribution in [0.3, 0.4) is 0 Å². The summed E-state index contributed by atoms with van der Waals surface area (Å²) in [5, 5.41) is 21.3. The van der Waals surface area contributed by atoms with Crippen LogP contribution in [0.2, 0.25) is 0 Å². The minimum atomic E-state index is -0.373. The Hall–Kier alpha value is -0.590. The van der Waals surface area contributed by atoms with Crippen LogP contribution >= 0.6 is 0 Å². The highest BCUT2D eigenvalue weighted by molar-refractivity contribution is 5.18. The molecule has 80 valence electrons. The van der Waals surface area contributed by atoms with E-state index in [2.05, 4.69) is 25.2 Å². The molecule has 0 amide bonds. The van der Waals surface area contributed by atoms with Crippen LogP contribution < -0.4 is 5.32 Å². The van der Waals surface area contributed by atoms with Crippen LogP contribution in [-0.2, 0) is 0 Å². The monoisotopic (exact) mass is 196 g/mol. The number of nitriles is 1. The molecule has 0 heterocycles. The van der Waals surface area contributed by atoms with E-state index >= 15 is 0 Å². The SMILES string of the molecule is CC1(C)CCCC1(C#N)NCCCO. The number of aliphatic hydroxyl groups is 1. The predicted octanol–water partition coefficient (Wildman–Crippen LogP) is 1.43. The second-order valence-corrected chi connectivity index (χ2v) is 4.76. The van der Waals surface area contributed by atoms with Gasteiger partial charge in [-0.15, -0.1) is 0 Å². The van der Waals surface area contributed by atoms with Crippen molar-refractivity contribution >= 4 is 0 Å². The minimum absolute atomic E-state index is 0.0528. The Morgan fingerprint density at radius 1 is 1.43 bits per heavy atom. The summed E-state index contributed by atoms with van der Waals surface area (Å²) in [5.74, 6) is 0. The molecular weight excluding hydrogens is 176 g/mol. The zero-order valence-electron chi connectivity index (χ0n) is 9.14. The van der Waals surface area contributed by atoms with Gasteiger partial charge in [0.2, 0.25) is 0 Å². The van der Waals surface area contributed by atoms with E-state index in [0.717, 1.165) is 32.2 Å². The van der Waals surface area contributed by atoms with Crippen molar-refractivity contribution in [2.24, 2.45) is 5.41 Å². The van der Waals surface area contributed by atoms with Crippen LogP contribution in [-0.4, -0.2) is 23.8 Å². The molecule has 0 aliphatic heterocycles. The zero-order chi connectivity index (χ0) is 10.7. The molecule has 0 aromatic rings. The fourth-order valence-electron chi connectivity index (χ4n) is 2.30. The van der Waals surface area contributed by atoms with Crippen LogP contribution in [0.4, 0.5) is 0 Å². The van der Waals surface area contributed by atoms with Crippen molar-refractivity contribution in [2.75, 3.05) is 13.2 Å². The molecule has 3 nitrogen and oxygen atoms in total. The van der Waals surface area contributed by atoms with Crippen molar-refractivity contribution in [2.45, 2.75) is 45.1 Å². The lowest BCUT2D eigenvalue weighted by Gasteiger charge is -2.36. The van der Waals surface area contributed by atoms with Gasteiger partial charge < -0.3 is 5.11 Å². The van der Waals surface area contributed by atoms with Gasteiger partial charge in [0.1, 0.15) is 5.54 Å². The molecule has 1 atom stereocenters. The summed E-state index contributed by atoms with van der Waals surface area (Å²) < 4.78 is 0. The third-order valence-corrected chi connectivity index (χ3v) is 3.46. The summed E-state index contributed by atoms with van der Waals surface area (Å²) >= 11 is 0. The largest absolute Gasteiger partial charge is 0.396 e. The quantitative estimate of drug-likeness (QED) is 0.669. The van der Waals surface area contributed by atoms with E-state index < -0.39 is 0 Å². The molecule has 0 spiro atoms. The number of nitrogens with zero attached hydrogens (tertiary/aromatic N) is 1. The van der Waals surface area contributed by atoms with E-state index in [4.69, 9.17) is 5.11 Å². The maximum absolute atomic E-state index is 9.28. The Labute approximate surface area is 86.1 Å². The minimum Gasteiger partial charge on any atom is -0.396 e. The molecule has 2 N–H and O–H groups in total. The van der Waals surface area contributed by atoms with Gasteiger partial charge >= 0.3 is 0 Å². The van der Waals surface area contributed by atoms with Gasteiger partial charge in [-0.2, -0.15) is 5.26 Å². The molecule has 14 heavy (non-hydrogen) atoms. The molecule has 3 heteroatoms. The average Bonchev–Trinajstić information content (AvgIpc) is 2.43. The maximum Gasteiger partial charge on any atom is 0.111 e. The summed E-state index contributed by atoms with van der Waals surface area (Å²) in [6.07, 6.45) is 3.88. The first-order valence-corrected chi connectivity index (χ1v) is 5.35. The van der Waals surface area contributed by atoms with E-state index in [1.807, 2.05) is 0 Å². The van der Waals surface area contributed by atoms with Gasteiger partial charge in [-0.25, -0.2) is 0 Å². The van der Waals surface area contributed by atoms with Crippen molar-refractivity contribution in [1.29, 1.82) is 5.26 Å². The van der Waals surface area contributed by atoms with Crippen LogP contribution in [0.1, 0.15) is 39.5 Å². The van der Waals surface area contributed by atoms with Crippen molar-refractivity contribution < 1.29 is 5.11 Å². The van der Waals surface area contributed by atoms with Crippen LogP contribution in [0.5, 0.6) is 0 Å². The van der Waals surface area contributed by atoms with Gasteiger partial charge in [0.15, 0.2) is 0 Å². The van der Waals surface area contributed by atoms with Gasteiger partial charge in [0.05, 0.1) is 6.07 Å². The van der Waals surface area contributed by atoms with Gasteiger partial charge in [-0.05, 0) is 37.6 Å². The van der Waals surface area contributed by atoms with Crippen LogP contribution in [0, 0.1) is 16.7 Å². The molecule has 0 saturated heterocycles. The Balaban J connectivity index is 2.63. The fraction of sp³-hybridized carbons (Fsp3) is 0.909. The molecule has 0 aromatic carbocycles. The highest BCUT2D eigenvalue weighted by Crippen LogP contribution is 2.45. The number of nitrogens with one attached hydrogen (secondary N) is 1. The Morgan fingerprint density at radius 2 is 2.14 bits per heavy atom. The van der Waals surface area contributed by atoms with Crippen molar-refractivity contribution in [3.05, 3.63) is 0 Å². The Morgan fingerprint density at radius 3 is 2.57 bits per heavy atom.